The fourth-order valence-electron chi connectivity index (χ4n) is 2.41. The summed E-state index contributed by atoms with van der Waals surface area (Å²) >= 11 is 0. The molecular formula is C16H32N4. The predicted octanol–water partition coefficient (Wildman–Crippen LogP) is 2.38. The van der Waals surface area contributed by atoms with Crippen molar-refractivity contribution in [1.29, 1.82) is 0 Å². The maximum absolute atomic E-state index is 4.28. The molecule has 0 aromatic rings. The number of nitrogens with one attached hydrogen (secondary N) is 2. The van der Waals surface area contributed by atoms with Gasteiger partial charge in [0.25, 0.3) is 0 Å². The van der Waals surface area contributed by atoms with E-state index in [2.05, 4.69) is 46.8 Å². The predicted molar refractivity (Wildman–Crippen MR) is 88.3 cm³/mol. The molecule has 2 N–H and O–H groups in total. The molecule has 0 saturated carbocycles. The molecule has 0 bridgehead atoms. The number of nitrogens with zero attached hydrogens (tertiary/aromatic N) is 2. The van der Waals surface area contributed by atoms with Crippen LogP contribution in [-0.2, 0) is 0 Å². The van der Waals surface area contributed by atoms with Crippen molar-refractivity contribution in [2.24, 2.45) is 4.99 Å². The Morgan fingerprint density at radius 1 is 1.10 bits per heavy atom. The van der Waals surface area contributed by atoms with E-state index in [9.17, 15) is 0 Å². The summed E-state index contributed by atoms with van der Waals surface area (Å²) in [6.45, 7) is 2.23. The Morgan fingerprint density at radius 3 is 2.40 bits per heavy atom. The van der Waals surface area contributed by atoms with Crippen LogP contribution in [0, 0.1) is 0 Å². The molecule has 0 spiro atoms. The van der Waals surface area contributed by atoms with Crippen molar-refractivity contribution in [3.05, 3.63) is 12.2 Å². The first-order valence-electron chi connectivity index (χ1n) is 7.99. The zero-order chi connectivity index (χ0) is 14.6. The summed E-state index contributed by atoms with van der Waals surface area (Å²) in [5, 5.41) is 6.87. The molecule has 20 heavy (non-hydrogen) atoms. The van der Waals surface area contributed by atoms with Gasteiger partial charge in [0.05, 0.1) is 0 Å². The van der Waals surface area contributed by atoms with E-state index in [0.717, 1.165) is 25.3 Å². The van der Waals surface area contributed by atoms with Crippen LogP contribution in [0.3, 0.4) is 0 Å². The fourth-order valence-corrected chi connectivity index (χ4v) is 2.41. The van der Waals surface area contributed by atoms with Crippen LogP contribution in [0.5, 0.6) is 0 Å². The van der Waals surface area contributed by atoms with Gasteiger partial charge in [-0.15, -0.1) is 0 Å². The lowest BCUT2D eigenvalue weighted by Crippen LogP contribution is -2.42. The molecule has 0 aliphatic heterocycles. The van der Waals surface area contributed by atoms with E-state index in [1.165, 1.54) is 38.6 Å². The van der Waals surface area contributed by atoms with E-state index >= 15 is 0 Å². The van der Waals surface area contributed by atoms with Crippen LogP contribution in [0.4, 0.5) is 0 Å². The topological polar surface area (TPSA) is 39.7 Å². The number of unbranched alkanes of at least 4 members (excludes halogenated alkanes) is 4. The maximum atomic E-state index is 4.28. The summed E-state index contributed by atoms with van der Waals surface area (Å²) in [4.78, 5) is 6.54. The van der Waals surface area contributed by atoms with Crippen LogP contribution >= 0.6 is 0 Å². The number of hydrogen-bond acceptors (Lipinski definition) is 2. The highest BCUT2D eigenvalue weighted by molar-refractivity contribution is 5.80. The first-order valence-corrected chi connectivity index (χ1v) is 7.99. The number of rotatable bonds is 9. The van der Waals surface area contributed by atoms with E-state index in [1.807, 2.05) is 7.05 Å². The molecule has 0 aromatic carbocycles. The molecule has 4 nitrogen and oxygen atoms in total. The third-order valence-corrected chi connectivity index (χ3v) is 3.65. The minimum Gasteiger partial charge on any atom is -0.356 e. The van der Waals surface area contributed by atoms with Crippen LogP contribution in [0.15, 0.2) is 17.1 Å². The third-order valence-electron chi connectivity index (χ3n) is 3.65. The lowest BCUT2D eigenvalue weighted by Gasteiger charge is -2.16. The minimum atomic E-state index is 0.534. The van der Waals surface area contributed by atoms with Crippen molar-refractivity contribution in [2.45, 2.75) is 51.0 Å². The third kappa shape index (κ3) is 8.20. The molecular weight excluding hydrogens is 248 g/mol. The summed E-state index contributed by atoms with van der Waals surface area (Å²) < 4.78 is 0. The van der Waals surface area contributed by atoms with Crippen molar-refractivity contribution in [3.63, 3.8) is 0 Å². The van der Waals surface area contributed by atoms with E-state index in [-0.39, 0.29) is 0 Å². The average Bonchev–Trinajstić information content (AvgIpc) is 2.93. The smallest absolute Gasteiger partial charge is 0.191 e. The standard InChI is InChI=1S/C16H32N4/c1-17-16(19-15-11-7-8-12-15)18-13-9-5-4-6-10-14-20(2)3/h7-8,15H,4-6,9-14H2,1-3H3,(H2,17,18,19). The van der Waals surface area contributed by atoms with Crippen molar-refractivity contribution < 1.29 is 0 Å². The summed E-state index contributed by atoms with van der Waals surface area (Å²) in [5.74, 6) is 0.950. The second-order valence-electron chi connectivity index (χ2n) is 5.85. The number of hydrogen-bond donors (Lipinski definition) is 2. The van der Waals surface area contributed by atoms with Gasteiger partial charge in [-0.05, 0) is 46.3 Å². The van der Waals surface area contributed by atoms with Gasteiger partial charge in [0, 0.05) is 19.6 Å². The van der Waals surface area contributed by atoms with Crippen LogP contribution in [0.2, 0.25) is 0 Å². The normalized spacial score (nSPS) is 16.1. The Kier molecular flexibility index (Phi) is 9.13. The SMILES string of the molecule is CN=C(NCCCCCCCN(C)C)NC1CC=CC1. The van der Waals surface area contributed by atoms with Crippen LogP contribution in [0.25, 0.3) is 0 Å². The summed E-state index contributed by atoms with van der Waals surface area (Å²) in [6.07, 6.45) is 13.2. The zero-order valence-electron chi connectivity index (χ0n) is 13.5. The van der Waals surface area contributed by atoms with Gasteiger partial charge in [0.2, 0.25) is 0 Å². The first kappa shape index (κ1) is 17.0. The molecule has 0 radical (unpaired) electrons. The van der Waals surface area contributed by atoms with Gasteiger partial charge in [-0.3, -0.25) is 4.99 Å². The Balaban J connectivity index is 1.93. The molecule has 0 amide bonds. The number of aliphatic imine (C=N–C) groups is 1. The highest BCUT2D eigenvalue weighted by Crippen LogP contribution is 2.08. The fraction of sp³-hybridized carbons (Fsp3) is 0.812. The van der Waals surface area contributed by atoms with E-state index in [4.69, 9.17) is 0 Å². The van der Waals surface area contributed by atoms with Gasteiger partial charge < -0.3 is 15.5 Å². The van der Waals surface area contributed by atoms with E-state index < -0.39 is 0 Å². The summed E-state index contributed by atoms with van der Waals surface area (Å²) in [5.41, 5.74) is 0. The van der Waals surface area contributed by atoms with Crippen LogP contribution in [-0.4, -0.2) is 51.1 Å². The Bertz CT molecular complexity index is 289. The summed E-state index contributed by atoms with van der Waals surface area (Å²) in [6, 6.07) is 0.534. The second-order valence-corrected chi connectivity index (χ2v) is 5.85. The maximum Gasteiger partial charge on any atom is 0.191 e. The second kappa shape index (κ2) is 10.7. The first-order chi connectivity index (χ1) is 9.72. The van der Waals surface area contributed by atoms with E-state index in [0.29, 0.717) is 6.04 Å². The molecule has 1 aliphatic rings. The molecule has 0 fully saturated rings. The van der Waals surface area contributed by atoms with E-state index in [1.54, 1.807) is 0 Å². The van der Waals surface area contributed by atoms with Crippen molar-refractivity contribution >= 4 is 5.96 Å². The number of guanidine groups is 1. The molecule has 1 aliphatic carbocycles. The van der Waals surface area contributed by atoms with Gasteiger partial charge in [-0.25, -0.2) is 0 Å². The largest absolute Gasteiger partial charge is 0.356 e. The van der Waals surface area contributed by atoms with Crippen molar-refractivity contribution in [3.8, 4) is 0 Å². The minimum absolute atomic E-state index is 0.534. The molecule has 116 valence electrons. The monoisotopic (exact) mass is 280 g/mol. The van der Waals surface area contributed by atoms with Crippen LogP contribution in [0.1, 0.15) is 44.9 Å². The molecule has 4 heteroatoms. The van der Waals surface area contributed by atoms with Gasteiger partial charge in [0.1, 0.15) is 0 Å². The molecule has 1 rings (SSSR count). The Labute approximate surface area is 124 Å². The van der Waals surface area contributed by atoms with Gasteiger partial charge in [-0.1, -0.05) is 31.4 Å². The molecule has 0 atom stereocenters. The summed E-state index contributed by atoms with van der Waals surface area (Å²) in [7, 11) is 6.13. The molecule has 0 unspecified atom stereocenters. The highest BCUT2D eigenvalue weighted by atomic mass is 15.2. The van der Waals surface area contributed by atoms with Gasteiger partial charge in [-0.2, -0.15) is 0 Å². The molecule has 0 heterocycles. The average molecular weight is 280 g/mol. The molecule has 0 aromatic heterocycles. The lowest BCUT2D eigenvalue weighted by atomic mass is 10.1. The van der Waals surface area contributed by atoms with Crippen LogP contribution < -0.4 is 10.6 Å². The zero-order valence-corrected chi connectivity index (χ0v) is 13.5. The highest BCUT2D eigenvalue weighted by Gasteiger charge is 2.10. The Morgan fingerprint density at radius 2 is 1.75 bits per heavy atom. The van der Waals surface area contributed by atoms with Crippen molar-refractivity contribution in [2.75, 3.05) is 34.2 Å². The quantitative estimate of drug-likeness (QED) is 0.295. The van der Waals surface area contributed by atoms with Gasteiger partial charge in [0.15, 0.2) is 5.96 Å². The van der Waals surface area contributed by atoms with Gasteiger partial charge >= 0.3 is 0 Å². The molecule has 0 saturated heterocycles. The Hall–Kier alpha value is -1.03. The lowest BCUT2D eigenvalue weighted by molar-refractivity contribution is 0.389. The van der Waals surface area contributed by atoms with Crippen molar-refractivity contribution in [1.82, 2.24) is 15.5 Å².